The highest BCUT2D eigenvalue weighted by Crippen LogP contribution is 2.39. The van der Waals surface area contributed by atoms with E-state index in [0.717, 1.165) is 48.1 Å². The van der Waals surface area contributed by atoms with Gasteiger partial charge in [-0.1, -0.05) is 93.6 Å². The predicted octanol–water partition coefficient (Wildman–Crippen LogP) is 7.19. The summed E-state index contributed by atoms with van der Waals surface area (Å²) in [7, 11) is 8.24. The maximum absolute atomic E-state index is 5.95. The molecule has 0 saturated heterocycles. The van der Waals surface area contributed by atoms with Crippen LogP contribution in [0.15, 0.2) is 131 Å². The summed E-state index contributed by atoms with van der Waals surface area (Å²) in [6.07, 6.45) is 1.08. The Morgan fingerprint density at radius 1 is 0.636 bits per heavy atom. The second-order valence-corrected chi connectivity index (χ2v) is 16.4. The highest BCUT2D eigenvalue weighted by Gasteiger charge is 2.15. The number of benzene rings is 6. The summed E-state index contributed by atoms with van der Waals surface area (Å²) in [5, 5.41) is 2.66. The smallest absolute Gasteiger partial charge is 0.258 e. The molecule has 0 fully saturated rings. The monoisotopic (exact) mass is 866 g/mol. The summed E-state index contributed by atoms with van der Waals surface area (Å²) in [5.41, 5.74) is 8.16. The van der Waals surface area contributed by atoms with Gasteiger partial charge in [-0.2, -0.15) is 0 Å². The van der Waals surface area contributed by atoms with Gasteiger partial charge in [0.15, 0.2) is 0 Å². The fourth-order valence-corrected chi connectivity index (χ4v) is 9.18. The maximum atomic E-state index is 5.95. The van der Waals surface area contributed by atoms with Gasteiger partial charge in [0.1, 0.15) is 25.1 Å². The molecule has 3 aliphatic rings. The zero-order valence-corrected chi connectivity index (χ0v) is 34.3. The Morgan fingerprint density at radius 3 is 1.73 bits per heavy atom. The SMILES string of the molecule is C.C.C.CN(C)c1ccc2nc3ccc(=[N+](C)C)cc-3sc2c1.Clc1ccc2nc3ccc(Cl)cc3[s+]c2c1.[Cl-].[Cl-].c1ccc2c(c1)Cc1ccccc1S2. The minimum atomic E-state index is 0. The van der Waals surface area contributed by atoms with E-state index in [1.54, 1.807) is 22.7 Å². The van der Waals surface area contributed by atoms with E-state index in [0.29, 0.717) is 0 Å². The van der Waals surface area contributed by atoms with Crippen molar-refractivity contribution in [2.45, 2.75) is 38.5 Å². The molecule has 0 radical (unpaired) electrons. The number of aromatic nitrogens is 2. The molecule has 0 saturated carbocycles. The summed E-state index contributed by atoms with van der Waals surface area (Å²) >= 11 is 17.2. The van der Waals surface area contributed by atoms with Crippen molar-refractivity contribution in [1.82, 2.24) is 14.5 Å². The first kappa shape index (κ1) is 47.6. The van der Waals surface area contributed by atoms with Crippen LogP contribution in [0.25, 0.3) is 41.2 Å². The number of halogens is 4. The van der Waals surface area contributed by atoms with Gasteiger partial charge in [0, 0.05) is 63.9 Å². The van der Waals surface area contributed by atoms with Crippen LogP contribution in [0.1, 0.15) is 33.4 Å². The number of rotatable bonds is 1. The van der Waals surface area contributed by atoms with Gasteiger partial charge < -0.3 is 29.7 Å². The Bertz CT molecular complexity index is 2410. The predicted molar refractivity (Wildman–Crippen MR) is 239 cm³/mol. The Kier molecular flexibility index (Phi) is 18.3. The molecule has 288 valence electrons. The second-order valence-electron chi connectivity index (χ2n) is 12.2. The first-order valence-electron chi connectivity index (χ1n) is 16.0. The van der Waals surface area contributed by atoms with Crippen LogP contribution < -0.4 is 39.6 Å². The van der Waals surface area contributed by atoms with Crippen molar-refractivity contribution >= 4 is 94.0 Å². The average molecular weight is 869 g/mol. The minimum absolute atomic E-state index is 0. The fraction of sp³-hybridized carbons (Fsp3) is 0.182. The van der Waals surface area contributed by atoms with Crippen LogP contribution in [0.2, 0.25) is 10.0 Å². The largest absolute Gasteiger partial charge is 1.00 e. The number of fused-ring (bicyclic) bond motifs is 6. The van der Waals surface area contributed by atoms with Crippen LogP contribution in [0.3, 0.4) is 0 Å². The molecule has 9 rings (SSSR count). The van der Waals surface area contributed by atoms with E-state index < -0.39 is 0 Å². The number of hydrogen-bond acceptors (Lipinski definition) is 5. The van der Waals surface area contributed by atoms with Crippen molar-refractivity contribution in [1.29, 1.82) is 0 Å². The third-order valence-electron chi connectivity index (χ3n) is 8.23. The molecular weight excluding hydrogens is 823 g/mol. The molecule has 1 aromatic heterocycles. The molecule has 55 heavy (non-hydrogen) atoms. The summed E-state index contributed by atoms with van der Waals surface area (Å²) in [6.45, 7) is 0. The lowest BCUT2D eigenvalue weighted by Crippen LogP contribution is -3.00. The minimum Gasteiger partial charge on any atom is -1.00 e. The van der Waals surface area contributed by atoms with Crippen molar-refractivity contribution in [3.63, 3.8) is 0 Å². The van der Waals surface area contributed by atoms with E-state index in [4.69, 9.17) is 28.2 Å². The highest BCUT2D eigenvalue weighted by atomic mass is 35.5. The summed E-state index contributed by atoms with van der Waals surface area (Å²) in [5.74, 6) is 0. The van der Waals surface area contributed by atoms with E-state index >= 15 is 0 Å². The van der Waals surface area contributed by atoms with Crippen LogP contribution in [-0.4, -0.2) is 38.2 Å². The summed E-state index contributed by atoms with van der Waals surface area (Å²) < 4.78 is 5.48. The third kappa shape index (κ3) is 11.3. The van der Waals surface area contributed by atoms with Crippen molar-refractivity contribution in [2.75, 3.05) is 33.1 Å². The molecule has 0 atom stereocenters. The van der Waals surface area contributed by atoms with Crippen LogP contribution in [0.5, 0.6) is 0 Å². The van der Waals surface area contributed by atoms with Gasteiger partial charge >= 0.3 is 0 Å². The standard InChI is InChI=1S/C16H18N3S.C13H10S.C12H6Cl2NS.3CH4.2ClH/c1-18(2)11-5-7-13-15(9-11)20-16-10-12(19(3)4)6-8-14(16)17-13;1-3-7-12-10(5-1)9-11-6-2-4-8-13(11)14-12;13-7-1-3-9-11(5-7)16-12-6-8(14)2-4-10(12)15-9;;;;;/h5-10H,1-4H3;1-8H,9H2;1-6H;3*1H4;2*1H/q+1;;+1;;;;;/p-2. The molecule has 0 N–H and O–H groups in total. The van der Waals surface area contributed by atoms with E-state index in [2.05, 4.69) is 128 Å². The van der Waals surface area contributed by atoms with Gasteiger partial charge in [0.25, 0.3) is 9.40 Å². The van der Waals surface area contributed by atoms with Crippen molar-refractivity contribution < 1.29 is 24.8 Å². The van der Waals surface area contributed by atoms with E-state index in [-0.39, 0.29) is 47.1 Å². The number of anilines is 1. The van der Waals surface area contributed by atoms with Gasteiger partial charge in [-0.3, -0.25) is 0 Å². The Morgan fingerprint density at radius 2 is 1.18 bits per heavy atom. The molecule has 6 aromatic rings. The van der Waals surface area contributed by atoms with Crippen LogP contribution in [0, 0.1) is 0 Å². The Balaban J connectivity index is 0.000000276. The van der Waals surface area contributed by atoms with E-state index in [9.17, 15) is 0 Å². The molecule has 1 aliphatic carbocycles. The van der Waals surface area contributed by atoms with Gasteiger partial charge in [-0.05, 0) is 78.2 Å². The Labute approximate surface area is 360 Å². The zero-order chi connectivity index (χ0) is 34.8. The maximum Gasteiger partial charge on any atom is 0.258 e. The van der Waals surface area contributed by atoms with Crippen molar-refractivity contribution in [3.8, 4) is 10.6 Å². The summed E-state index contributed by atoms with van der Waals surface area (Å²) in [6, 6.07) is 41.6. The average Bonchev–Trinajstić information content (AvgIpc) is 3.12. The van der Waals surface area contributed by atoms with Crippen LogP contribution in [-0.2, 0) is 6.42 Å². The molecule has 0 unspecified atom stereocenters. The van der Waals surface area contributed by atoms with Gasteiger partial charge in [0.2, 0.25) is 16.7 Å². The highest BCUT2D eigenvalue weighted by molar-refractivity contribution is 7.99. The summed E-state index contributed by atoms with van der Waals surface area (Å²) in [4.78, 5) is 15.5. The Hall–Kier alpha value is -3.53. The fourth-order valence-electron chi connectivity index (χ4n) is 5.55. The third-order valence-corrected chi connectivity index (χ3v) is 12.1. The first-order chi connectivity index (χ1) is 24.2. The molecule has 11 heteroatoms. The molecule has 5 aromatic carbocycles. The molecule has 4 nitrogen and oxygen atoms in total. The quantitative estimate of drug-likeness (QED) is 0.0995. The van der Waals surface area contributed by atoms with Crippen molar-refractivity contribution in [3.05, 3.63) is 148 Å². The van der Waals surface area contributed by atoms with E-state index in [1.807, 2.05) is 48.2 Å². The van der Waals surface area contributed by atoms with Crippen LogP contribution >= 0.6 is 57.6 Å². The molecule has 3 heterocycles. The molecular formula is C44H46Cl4N4S3. The van der Waals surface area contributed by atoms with Crippen LogP contribution in [0.4, 0.5) is 5.69 Å². The normalized spacial score (nSPS) is 10.6. The topological polar surface area (TPSA) is 32.0 Å². The van der Waals surface area contributed by atoms with Gasteiger partial charge in [0.05, 0.1) is 20.8 Å². The van der Waals surface area contributed by atoms with Gasteiger partial charge in [-0.15, -0.1) is 11.3 Å². The lowest BCUT2D eigenvalue weighted by atomic mass is 10.0. The lowest BCUT2D eigenvalue weighted by Gasteiger charge is -2.17. The zero-order valence-electron chi connectivity index (χ0n) is 28.8. The second kappa shape index (κ2) is 21.1. The molecule has 2 aliphatic heterocycles. The molecule has 0 amide bonds. The lowest BCUT2D eigenvalue weighted by molar-refractivity contribution is -0.001000. The molecule has 0 spiro atoms. The van der Waals surface area contributed by atoms with E-state index in [1.165, 1.54) is 41.5 Å². The molecule has 0 bridgehead atoms. The first-order valence-corrected chi connectivity index (χ1v) is 19.3. The van der Waals surface area contributed by atoms with Gasteiger partial charge in [-0.25, -0.2) is 14.5 Å². The number of nitrogens with zero attached hydrogens (tertiary/aromatic N) is 4. The van der Waals surface area contributed by atoms with Crippen molar-refractivity contribution in [2.24, 2.45) is 0 Å². The number of hydrogen-bond donors (Lipinski definition) is 0.